The Morgan fingerprint density at radius 1 is 1.19 bits per heavy atom. The topological polar surface area (TPSA) is 44.8 Å². The number of carbonyl (C=O) groups is 1. The monoisotopic (exact) mass is 288 g/mol. The first kappa shape index (κ1) is 13.0. The Morgan fingerprint density at radius 3 is 2.06 bits per heavy atom. The zero-order valence-electron chi connectivity index (χ0n) is 9.37. The van der Waals surface area contributed by atoms with Gasteiger partial charge < -0.3 is 14.2 Å². The smallest absolute Gasteiger partial charge is 0.188 e. The van der Waals surface area contributed by atoms with Crippen LogP contribution in [0.25, 0.3) is 0 Å². The van der Waals surface area contributed by atoms with Crippen molar-refractivity contribution in [3.05, 3.63) is 22.2 Å². The van der Waals surface area contributed by atoms with Crippen LogP contribution in [0.4, 0.5) is 0 Å². The van der Waals surface area contributed by atoms with Crippen LogP contribution in [0.5, 0.6) is 11.5 Å². The maximum Gasteiger partial charge on any atom is 0.188 e. The third kappa shape index (κ3) is 2.74. The number of benzene rings is 1. The molecule has 0 bridgehead atoms. The van der Waals surface area contributed by atoms with E-state index in [2.05, 4.69) is 15.9 Å². The summed E-state index contributed by atoms with van der Waals surface area (Å²) in [6.07, 6.45) is 0. The second-order valence-corrected chi connectivity index (χ2v) is 3.84. The minimum Gasteiger partial charge on any atom is -0.495 e. The molecule has 88 valence electrons. The fraction of sp³-hybridized carbons (Fsp3) is 0.364. The van der Waals surface area contributed by atoms with Crippen LogP contribution in [0.3, 0.4) is 0 Å². The van der Waals surface area contributed by atoms with E-state index in [1.165, 1.54) is 21.3 Å². The lowest BCUT2D eigenvalue weighted by Gasteiger charge is -2.10. The molecule has 0 heterocycles. The van der Waals surface area contributed by atoms with Crippen LogP contribution in [0, 0.1) is 0 Å². The van der Waals surface area contributed by atoms with E-state index in [-0.39, 0.29) is 12.4 Å². The van der Waals surface area contributed by atoms with E-state index in [1.807, 2.05) is 0 Å². The van der Waals surface area contributed by atoms with Gasteiger partial charge >= 0.3 is 0 Å². The Balaban J connectivity index is 3.16. The largest absolute Gasteiger partial charge is 0.495 e. The molecule has 0 atom stereocenters. The number of halogens is 1. The van der Waals surface area contributed by atoms with E-state index in [9.17, 15) is 4.79 Å². The lowest BCUT2D eigenvalue weighted by molar-refractivity contribution is 0.0847. The summed E-state index contributed by atoms with van der Waals surface area (Å²) in [5.41, 5.74) is 0.499. The Kier molecular flexibility index (Phi) is 4.76. The molecule has 0 aliphatic carbocycles. The molecule has 0 radical (unpaired) electrons. The molecule has 5 heteroatoms. The van der Waals surface area contributed by atoms with Gasteiger partial charge in [0, 0.05) is 12.7 Å². The molecular weight excluding hydrogens is 276 g/mol. The summed E-state index contributed by atoms with van der Waals surface area (Å²) in [5, 5.41) is 0. The second-order valence-electron chi connectivity index (χ2n) is 3.05. The number of ketones is 1. The number of rotatable bonds is 5. The van der Waals surface area contributed by atoms with E-state index in [4.69, 9.17) is 14.2 Å². The molecule has 16 heavy (non-hydrogen) atoms. The highest BCUT2D eigenvalue weighted by Crippen LogP contribution is 2.35. The van der Waals surface area contributed by atoms with Crippen molar-refractivity contribution in [1.82, 2.24) is 0 Å². The molecular formula is C11H13BrO4. The fourth-order valence-corrected chi connectivity index (χ4v) is 1.80. The van der Waals surface area contributed by atoms with Gasteiger partial charge in [0.1, 0.15) is 22.6 Å². The van der Waals surface area contributed by atoms with E-state index < -0.39 is 0 Å². The first-order valence-corrected chi connectivity index (χ1v) is 5.37. The molecule has 0 amide bonds. The fourth-order valence-electron chi connectivity index (χ4n) is 1.24. The molecule has 0 saturated heterocycles. The zero-order chi connectivity index (χ0) is 12.1. The summed E-state index contributed by atoms with van der Waals surface area (Å²) in [6, 6.07) is 3.29. The number of methoxy groups -OCH3 is 3. The van der Waals surface area contributed by atoms with Crippen molar-refractivity contribution in [3.63, 3.8) is 0 Å². The van der Waals surface area contributed by atoms with Crippen LogP contribution in [0.1, 0.15) is 10.4 Å². The van der Waals surface area contributed by atoms with Crippen LogP contribution < -0.4 is 9.47 Å². The van der Waals surface area contributed by atoms with Crippen molar-refractivity contribution in [2.75, 3.05) is 27.9 Å². The van der Waals surface area contributed by atoms with Gasteiger partial charge in [0.05, 0.1) is 14.2 Å². The van der Waals surface area contributed by atoms with E-state index in [1.54, 1.807) is 12.1 Å². The minimum atomic E-state index is -0.119. The van der Waals surface area contributed by atoms with Gasteiger partial charge in [-0.1, -0.05) is 0 Å². The van der Waals surface area contributed by atoms with Gasteiger partial charge in [-0.3, -0.25) is 4.79 Å². The molecule has 1 aromatic rings. The Morgan fingerprint density at radius 2 is 1.69 bits per heavy atom. The lowest BCUT2D eigenvalue weighted by Crippen LogP contribution is -2.07. The number of carbonyl (C=O) groups excluding carboxylic acids is 1. The van der Waals surface area contributed by atoms with Crippen molar-refractivity contribution >= 4 is 21.7 Å². The van der Waals surface area contributed by atoms with Crippen LogP contribution >= 0.6 is 15.9 Å². The van der Waals surface area contributed by atoms with Crippen molar-refractivity contribution in [2.24, 2.45) is 0 Å². The van der Waals surface area contributed by atoms with Crippen molar-refractivity contribution in [2.45, 2.75) is 0 Å². The minimum absolute atomic E-state index is 0.0357. The van der Waals surface area contributed by atoms with Crippen molar-refractivity contribution in [1.29, 1.82) is 0 Å². The highest BCUT2D eigenvalue weighted by molar-refractivity contribution is 9.10. The van der Waals surface area contributed by atoms with Gasteiger partial charge in [0.25, 0.3) is 0 Å². The summed E-state index contributed by atoms with van der Waals surface area (Å²) in [4.78, 5) is 11.6. The highest BCUT2D eigenvalue weighted by atomic mass is 79.9. The van der Waals surface area contributed by atoms with Gasteiger partial charge in [0.2, 0.25) is 0 Å². The van der Waals surface area contributed by atoms with Gasteiger partial charge in [-0.05, 0) is 28.1 Å². The molecule has 0 unspecified atom stereocenters. The lowest BCUT2D eigenvalue weighted by atomic mass is 10.1. The molecule has 0 fully saturated rings. The van der Waals surface area contributed by atoms with E-state index >= 15 is 0 Å². The third-order valence-electron chi connectivity index (χ3n) is 2.04. The molecule has 1 rings (SSSR count). The number of ether oxygens (including phenoxy) is 3. The molecule has 0 N–H and O–H groups in total. The average molecular weight is 289 g/mol. The van der Waals surface area contributed by atoms with E-state index in [0.29, 0.717) is 21.5 Å². The van der Waals surface area contributed by atoms with Gasteiger partial charge in [-0.2, -0.15) is 0 Å². The SMILES string of the molecule is COCC(=O)c1cc(OC)c(Br)c(OC)c1. The molecule has 0 spiro atoms. The first-order chi connectivity index (χ1) is 7.63. The Hall–Kier alpha value is -1.07. The maximum absolute atomic E-state index is 11.6. The van der Waals surface area contributed by atoms with Gasteiger partial charge in [-0.15, -0.1) is 0 Å². The maximum atomic E-state index is 11.6. The van der Waals surface area contributed by atoms with Gasteiger partial charge in [-0.25, -0.2) is 0 Å². The van der Waals surface area contributed by atoms with Crippen molar-refractivity contribution < 1.29 is 19.0 Å². The summed E-state index contributed by atoms with van der Waals surface area (Å²) >= 11 is 3.33. The van der Waals surface area contributed by atoms with Crippen LogP contribution in [-0.4, -0.2) is 33.7 Å². The van der Waals surface area contributed by atoms with Crippen LogP contribution in [0.2, 0.25) is 0 Å². The number of hydrogen-bond acceptors (Lipinski definition) is 4. The summed E-state index contributed by atoms with van der Waals surface area (Å²) < 4.78 is 15.8. The molecule has 0 aliphatic rings. The van der Waals surface area contributed by atoms with E-state index in [0.717, 1.165) is 0 Å². The Labute approximate surface area is 103 Å². The van der Waals surface area contributed by atoms with Gasteiger partial charge in [0.15, 0.2) is 5.78 Å². The molecule has 4 nitrogen and oxygen atoms in total. The molecule has 0 aliphatic heterocycles. The summed E-state index contributed by atoms with van der Waals surface area (Å²) in [5.74, 6) is 0.990. The normalized spacial score (nSPS) is 10.0. The van der Waals surface area contributed by atoms with Crippen LogP contribution in [-0.2, 0) is 4.74 Å². The molecule has 0 saturated carbocycles. The summed E-state index contributed by atoms with van der Waals surface area (Å²) in [6.45, 7) is 0.0357. The third-order valence-corrected chi connectivity index (χ3v) is 2.82. The number of Topliss-reactive ketones (excluding diaryl/α,β-unsaturated/α-hetero) is 1. The summed E-state index contributed by atoms with van der Waals surface area (Å²) in [7, 11) is 4.54. The standard InChI is InChI=1S/C11H13BrO4/c1-14-6-8(13)7-4-9(15-2)11(12)10(5-7)16-3/h4-5H,6H2,1-3H3. The van der Waals surface area contributed by atoms with Crippen LogP contribution in [0.15, 0.2) is 16.6 Å². The van der Waals surface area contributed by atoms with Crippen molar-refractivity contribution in [3.8, 4) is 11.5 Å². The number of hydrogen-bond donors (Lipinski definition) is 0. The zero-order valence-corrected chi connectivity index (χ0v) is 11.0. The predicted molar refractivity (Wildman–Crippen MR) is 63.5 cm³/mol. The quantitative estimate of drug-likeness (QED) is 0.780. The molecule has 1 aromatic carbocycles. The first-order valence-electron chi connectivity index (χ1n) is 4.57. The highest BCUT2D eigenvalue weighted by Gasteiger charge is 2.14. The predicted octanol–water partition coefficient (Wildman–Crippen LogP) is 2.30. The average Bonchev–Trinajstić information content (AvgIpc) is 2.29. The second kappa shape index (κ2) is 5.86. The molecule has 0 aromatic heterocycles. The Bertz CT molecular complexity index is 365.